The van der Waals surface area contributed by atoms with Crippen LogP contribution in [0.4, 0.5) is 11.4 Å². The van der Waals surface area contributed by atoms with Crippen molar-refractivity contribution in [2.24, 2.45) is 0 Å². The van der Waals surface area contributed by atoms with Crippen molar-refractivity contribution >= 4 is 22.3 Å². The lowest BCUT2D eigenvalue weighted by Crippen LogP contribution is -2.39. The van der Waals surface area contributed by atoms with Crippen molar-refractivity contribution in [2.45, 2.75) is 32.2 Å². The smallest absolute Gasteiger partial charge is 0.0960 e. The first-order chi connectivity index (χ1) is 15.3. The maximum absolute atomic E-state index is 5.48. The molecule has 5 heteroatoms. The fourth-order valence-corrected chi connectivity index (χ4v) is 4.84. The van der Waals surface area contributed by atoms with Gasteiger partial charge in [0.05, 0.1) is 24.4 Å². The SMILES string of the molecule is CCC1CCc2ccccc2-c2cc(NCCN3CCOCC3)c3cccnc3c2N1. The zero-order chi connectivity index (χ0) is 21.0. The third-order valence-electron chi connectivity index (χ3n) is 6.65. The molecule has 0 spiro atoms. The average molecular weight is 417 g/mol. The van der Waals surface area contributed by atoms with Crippen molar-refractivity contribution < 1.29 is 4.74 Å². The lowest BCUT2D eigenvalue weighted by atomic mass is 9.89. The molecule has 2 aromatic carbocycles. The molecule has 3 aromatic rings. The Bertz CT molecular complexity index is 1040. The normalized spacial score (nSPS) is 19.1. The highest BCUT2D eigenvalue weighted by atomic mass is 16.5. The Morgan fingerprint density at radius 2 is 2.00 bits per heavy atom. The van der Waals surface area contributed by atoms with Gasteiger partial charge in [-0.3, -0.25) is 9.88 Å². The number of benzene rings is 2. The van der Waals surface area contributed by atoms with E-state index >= 15 is 0 Å². The lowest BCUT2D eigenvalue weighted by Gasteiger charge is -2.28. The van der Waals surface area contributed by atoms with Crippen molar-refractivity contribution in [2.75, 3.05) is 50.0 Å². The van der Waals surface area contributed by atoms with Gasteiger partial charge in [-0.05, 0) is 48.6 Å². The van der Waals surface area contributed by atoms with Crippen LogP contribution < -0.4 is 10.6 Å². The second-order valence-electron chi connectivity index (χ2n) is 8.57. The molecule has 5 rings (SSSR count). The van der Waals surface area contributed by atoms with Crippen molar-refractivity contribution in [1.82, 2.24) is 9.88 Å². The zero-order valence-corrected chi connectivity index (χ0v) is 18.4. The van der Waals surface area contributed by atoms with Crippen LogP contribution in [0, 0.1) is 0 Å². The van der Waals surface area contributed by atoms with Crippen molar-refractivity contribution in [3.8, 4) is 11.1 Å². The molecule has 0 amide bonds. The van der Waals surface area contributed by atoms with Gasteiger partial charge in [0.25, 0.3) is 0 Å². The van der Waals surface area contributed by atoms with E-state index in [9.17, 15) is 0 Å². The number of anilines is 2. The molecule has 31 heavy (non-hydrogen) atoms. The van der Waals surface area contributed by atoms with E-state index in [1.165, 1.54) is 33.5 Å². The molecule has 1 fully saturated rings. The molecule has 162 valence electrons. The summed E-state index contributed by atoms with van der Waals surface area (Å²) >= 11 is 0. The fourth-order valence-electron chi connectivity index (χ4n) is 4.84. The predicted molar refractivity (Wildman–Crippen MR) is 129 cm³/mol. The minimum Gasteiger partial charge on any atom is -0.383 e. The minimum atomic E-state index is 0.456. The minimum absolute atomic E-state index is 0.456. The molecule has 0 saturated carbocycles. The van der Waals surface area contributed by atoms with Gasteiger partial charge in [-0.25, -0.2) is 0 Å². The van der Waals surface area contributed by atoms with Gasteiger partial charge in [0.15, 0.2) is 0 Å². The maximum atomic E-state index is 5.48. The summed E-state index contributed by atoms with van der Waals surface area (Å²) in [6, 6.07) is 15.9. The Morgan fingerprint density at radius 3 is 2.87 bits per heavy atom. The monoisotopic (exact) mass is 416 g/mol. The van der Waals surface area contributed by atoms with Crippen LogP contribution in [0.3, 0.4) is 0 Å². The van der Waals surface area contributed by atoms with Crippen LogP contribution in [-0.2, 0) is 11.2 Å². The molecule has 2 aliphatic rings. The molecule has 2 N–H and O–H groups in total. The summed E-state index contributed by atoms with van der Waals surface area (Å²) in [6.07, 6.45) is 5.25. The van der Waals surface area contributed by atoms with Crippen LogP contribution in [0.1, 0.15) is 25.3 Å². The summed E-state index contributed by atoms with van der Waals surface area (Å²) in [5.41, 5.74) is 7.41. The van der Waals surface area contributed by atoms with E-state index in [0.717, 1.165) is 64.2 Å². The summed E-state index contributed by atoms with van der Waals surface area (Å²) < 4.78 is 5.48. The van der Waals surface area contributed by atoms with Gasteiger partial charge in [-0.2, -0.15) is 0 Å². The van der Waals surface area contributed by atoms with Gasteiger partial charge in [0.2, 0.25) is 0 Å². The van der Waals surface area contributed by atoms with Crippen molar-refractivity contribution in [3.05, 3.63) is 54.2 Å². The number of ether oxygens (including phenoxy) is 1. The number of aryl methyl sites for hydroxylation is 1. The lowest BCUT2D eigenvalue weighted by molar-refractivity contribution is 0.0398. The second kappa shape index (κ2) is 9.25. The molecular weight excluding hydrogens is 384 g/mol. The molecule has 0 aliphatic carbocycles. The number of pyridine rings is 1. The van der Waals surface area contributed by atoms with E-state index in [4.69, 9.17) is 9.72 Å². The average Bonchev–Trinajstić information content (AvgIpc) is 2.82. The van der Waals surface area contributed by atoms with E-state index in [0.29, 0.717) is 6.04 Å². The third kappa shape index (κ3) is 4.25. The van der Waals surface area contributed by atoms with E-state index in [2.05, 4.69) is 58.9 Å². The molecular formula is C26H32N4O. The first-order valence-electron chi connectivity index (χ1n) is 11.6. The Kier molecular flexibility index (Phi) is 6.05. The van der Waals surface area contributed by atoms with Crippen LogP contribution in [0.25, 0.3) is 22.0 Å². The van der Waals surface area contributed by atoms with Gasteiger partial charge >= 0.3 is 0 Å². The van der Waals surface area contributed by atoms with Gasteiger partial charge in [0, 0.05) is 55.1 Å². The largest absolute Gasteiger partial charge is 0.383 e. The topological polar surface area (TPSA) is 49.4 Å². The van der Waals surface area contributed by atoms with Crippen molar-refractivity contribution in [3.63, 3.8) is 0 Å². The number of rotatable bonds is 5. The molecule has 0 radical (unpaired) electrons. The molecule has 1 saturated heterocycles. The number of nitrogens with zero attached hydrogens (tertiary/aromatic N) is 2. The highest BCUT2D eigenvalue weighted by Crippen LogP contribution is 2.41. The van der Waals surface area contributed by atoms with E-state index in [1.54, 1.807) is 0 Å². The fraction of sp³-hybridized carbons (Fsp3) is 0.423. The predicted octanol–water partition coefficient (Wildman–Crippen LogP) is 4.78. The Labute approximate surface area is 184 Å². The third-order valence-corrected chi connectivity index (χ3v) is 6.65. The molecule has 5 nitrogen and oxygen atoms in total. The first kappa shape index (κ1) is 20.3. The van der Waals surface area contributed by atoms with Gasteiger partial charge in [-0.15, -0.1) is 0 Å². The zero-order valence-electron chi connectivity index (χ0n) is 18.4. The number of morpholine rings is 1. The summed E-state index contributed by atoms with van der Waals surface area (Å²) in [4.78, 5) is 7.30. The summed E-state index contributed by atoms with van der Waals surface area (Å²) in [6.45, 7) is 7.92. The van der Waals surface area contributed by atoms with Gasteiger partial charge in [0.1, 0.15) is 0 Å². The van der Waals surface area contributed by atoms with Gasteiger partial charge < -0.3 is 15.4 Å². The van der Waals surface area contributed by atoms with Crippen LogP contribution >= 0.6 is 0 Å². The first-order valence-corrected chi connectivity index (χ1v) is 11.6. The number of aromatic nitrogens is 1. The highest BCUT2D eigenvalue weighted by Gasteiger charge is 2.21. The van der Waals surface area contributed by atoms with Crippen LogP contribution in [0.5, 0.6) is 0 Å². The second-order valence-corrected chi connectivity index (χ2v) is 8.57. The van der Waals surface area contributed by atoms with Crippen molar-refractivity contribution in [1.29, 1.82) is 0 Å². The molecule has 0 bridgehead atoms. The Hall–Kier alpha value is -2.63. The molecule has 1 atom stereocenters. The Morgan fingerprint density at radius 1 is 1.13 bits per heavy atom. The van der Waals surface area contributed by atoms with Crippen LogP contribution in [0.15, 0.2) is 48.7 Å². The van der Waals surface area contributed by atoms with Crippen LogP contribution in [0.2, 0.25) is 0 Å². The molecule has 2 aliphatic heterocycles. The maximum Gasteiger partial charge on any atom is 0.0960 e. The molecule has 1 aromatic heterocycles. The number of nitrogens with one attached hydrogen (secondary N) is 2. The van der Waals surface area contributed by atoms with E-state index in [-0.39, 0.29) is 0 Å². The summed E-state index contributed by atoms with van der Waals surface area (Å²) in [5.74, 6) is 0. The number of hydrogen-bond donors (Lipinski definition) is 2. The quantitative estimate of drug-likeness (QED) is 0.627. The van der Waals surface area contributed by atoms with Gasteiger partial charge in [-0.1, -0.05) is 31.2 Å². The summed E-state index contributed by atoms with van der Waals surface area (Å²) in [7, 11) is 0. The Balaban J connectivity index is 1.55. The van der Waals surface area contributed by atoms with E-state index in [1.807, 2.05) is 12.3 Å². The number of hydrogen-bond acceptors (Lipinski definition) is 5. The summed E-state index contributed by atoms with van der Waals surface area (Å²) in [5, 5.41) is 8.77. The van der Waals surface area contributed by atoms with Crippen LogP contribution in [-0.4, -0.2) is 55.3 Å². The molecule has 1 unspecified atom stereocenters. The van der Waals surface area contributed by atoms with E-state index < -0.39 is 0 Å². The highest BCUT2D eigenvalue weighted by molar-refractivity contribution is 6.06. The molecule has 3 heterocycles. The standard InChI is InChI=1S/C26H32N4O/c1-2-20-10-9-19-6-3-4-7-21(19)23-18-24(27-12-13-30-14-16-31-17-15-30)22-8-5-11-28-25(22)26(23)29-20/h3-8,11,18,20,27,29H,2,9-10,12-17H2,1H3. The number of fused-ring (bicyclic) bond motifs is 5.